The lowest BCUT2D eigenvalue weighted by molar-refractivity contribution is -0.115. The summed E-state index contributed by atoms with van der Waals surface area (Å²) in [6.07, 6.45) is 1.64. The second-order valence-corrected chi connectivity index (χ2v) is 7.68. The van der Waals surface area contributed by atoms with Crippen LogP contribution in [0, 0.1) is 0 Å². The van der Waals surface area contributed by atoms with E-state index >= 15 is 0 Å². The molecule has 1 amide bonds. The predicted molar refractivity (Wildman–Crippen MR) is 121 cm³/mol. The summed E-state index contributed by atoms with van der Waals surface area (Å²) in [5, 5.41) is 12.8. The van der Waals surface area contributed by atoms with Crippen molar-refractivity contribution in [3.63, 3.8) is 0 Å². The Bertz CT molecular complexity index is 1170. The highest BCUT2D eigenvalue weighted by atomic mass is 32.2. The molecule has 1 aliphatic heterocycles. The van der Waals surface area contributed by atoms with Gasteiger partial charge in [-0.3, -0.25) is 4.79 Å². The van der Waals surface area contributed by atoms with E-state index in [1.165, 1.54) is 17.8 Å². The Balaban J connectivity index is 1.53. The van der Waals surface area contributed by atoms with Gasteiger partial charge in [0, 0.05) is 0 Å². The number of aromatic carboxylic acids is 1. The van der Waals surface area contributed by atoms with Gasteiger partial charge in [-0.15, -0.1) is 0 Å². The van der Waals surface area contributed by atoms with Gasteiger partial charge < -0.3 is 15.2 Å². The summed E-state index contributed by atoms with van der Waals surface area (Å²) in [6, 6.07) is 23.6. The molecule has 1 heterocycles. The molecule has 1 fully saturated rings. The van der Waals surface area contributed by atoms with E-state index in [0.29, 0.717) is 15.6 Å². The molecule has 3 aromatic carbocycles. The number of aliphatic imine (C=N–C) groups is 1. The van der Waals surface area contributed by atoms with Crippen molar-refractivity contribution in [2.45, 2.75) is 6.61 Å². The molecule has 0 radical (unpaired) electrons. The number of carbonyl (C=O) groups is 2. The van der Waals surface area contributed by atoms with Gasteiger partial charge in [-0.2, -0.15) is 0 Å². The average Bonchev–Trinajstić information content (AvgIpc) is 3.12. The van der Waals surface area contributed by atoms with Gasteiger partial charge in [0.15, 0.2) is 5.17 Å². The number of carbonyl (C=O) groups excluding carboxylic acids is 1. The van der Waals surface area contributed by atoms with E-state index in [4.69, 9.17) is 4.74 Å². The standard InChI is InChI=1S/C24H18N2O4S/c27-22-21(31-24(26-22)25-18-9-5-2-6-10-18)14-17-11-12-20(19(13-17)23(28)29)30-15-16-7-3-1-4-8-16/h1-14H,15H2,(H,28,29)(H,25,26,27)/b21-14-. The molecule has 4 rings (SSSR count). The molecule has 1 aliphatic rings. The Hall–Kier alpha value is -3.84. The normalized spacial score (nSPS) is 15.8. The molecule has 0 spiro atoms. The van der Waals surface area contributed by atoms with Gasteiger partial charge in [-0.25, -0.2) is 9.79 Å². The number of hydrogen-bond acceptors (Lipinski definition) is 5. The number of para-hydroxylation sites is 1. The minimum absolute atomic E-state index is 0.0341. The summed E-state index contributed by atoms with van der Waals surface area (Å²) in [4.78, 5) is 28.9. The number of ether oxygens (including phenoxy) is 1. The summed E-state index contributed by atoms with van der Waals surface area (Å²) in [6.45, 7) is 0.263. The lowest BCUT2D eigenvalue weighted by Crippen LogP contribution is -2.19. The minimum Gasteiger partial charge on any atom is -0.488 e. The maximum atomic E-state index is 12.3. The van der Waals surface area contributed by atoms with Gasteiger partial charge in [0.2, 0.25) is 0 Å². The Morgan fingerprint density at radius 3 is 2.45 bits per heavy atom. The zero-order valence-corrected chi connectivity index (χ0v) is 17.1. The molecule has 31 heavy (non-hydrogen) atoms. The monoisotopic (exact) mass is 430 g/mol. The van der Waals surface area contributed by atoms with E-state index in [-0.39, 0.29) is 23.8 Å². The second-order valence-electron chi connectivity index (χ2n) is 6.65. The van der Waals surface area contributed by atoms with Crippen molar-refractivity contribution in [2.24, 2.45) is 4.99 Å². The Morgan fingerprint density at radius 1 is 1.03 bits per heavy atom. The first-order valence-electron chi connectivity index (χ1n) is 9.47. The number of amides is 1. The highest BCUT2D eigenvalue weighted by molar-refractivity contribution is 8.18. The van der Waals surface area contributed by atoms with Gasteiger partial charge in [0.1, 0.15) is 17.9 Å². The molecule has 154 valence electrons. The lowest BCUT2D eigenvalue weighted by atomic mass is 10.1. The maximum Gasteiger partial charge on any atom is 0.339 e. The number of thioether (sulfide) groups is 1. The third-order valence-corrected chi connectivity index (χ3v) is 5.32. The molecule has 0 aliphatic carbocycles. The summed E-state index contributed by atoms with van der Waals surface area (Å²) in [5.41, 5.74) is 2.30. The SMILES string of the molecule is O=C1NC(=Nc2ccccc2)S/C1=C\c1ccc(OCc2ccccc2)c(C(=O)O)c1. The number of nitrogens with one attached hydrogen (secondary N) is 1. The first-order chi connectivity index (χ1) is 15.1. The first kappa shape index (κ1) is 20.4. The average molecular weight is 430 g/mol. The van der Waals surface area contributed by atoms with E-state index in [1.807, 2.05) is 60.7 Å². The van der Waals surface area contributed by atoms with E-state index in [9.17, 15) is 14.7 Å². The summed E-state index contributed by atoms with van der Waals surface area (Å²) in [5.74, 6) is -1.10. The van der Waals surface area contributed by atoms with Crippen molar-refractivity contribution in [3.8, 4) is 5.75 Å². The van der Waals surface area contributed by atoms with Crippen LogP contribution in [0.5, 0.6) is 5.75 Å². The lowest BCUT2D eigenvalue weighted by Gasteiger charge is -2.10. The zero-order valence-electron chi connectivity index (χ0n) is 16.3. The number of carboxylic acids is 1. The Labute approximate surface area is 183 Å². The summed E-state index contributed by atoms with van der Waals surface area (Å²) in [7, 11) is 0. The molecule has 2 N–H and O–H groups in total. The molecule has 0 unspecified atom stereocenters. The molecule has 0 bridgehead atoms. The van der Waals surface area contributed by atoms with Crippen molar-refractivity contribution in [1.29, 1.82) is 0 Å². The largest absolute Gasteiger partial charge is 0.488 e. The van der Waals surface area contributed by atoms with Crippen LogP contribution in [0.2, 0.25) is 0 Å². The van der Waals surface area contributed by atoms with Crippen LogP contribution in [0.4, 0.5) is 5.69 Å². The fourth-order valence-corrected chi connectivity index (χ4v) is 3.76. The molecule has 0 atom stereocenters. The van der Waals surface area contributed by atoms with Crippen molar-refractivity contribution >= 4 is 40.6 Å². The van der Waals surface area contributed by atoms with Gasteiger partial charge in [0.05, 0.1) is 10.6 Å². The van der Waals surface area contributed by atoms with Gasteiger partial charge >= 0.3 is 5.97 Å². The van der Waals surface area contributed by atoms with Crippen LogP contribution in [0.3, 0.4) is 0 Å². The second kappa shape index (κ2) is 9.32. The number of benzene rings is 3. The van der Waals surface area contributed by atoms with Crippen LogP contribution in [-0.2, 0) is 11.4 Å². The first-order valence-corrected chi connectivity index (χ1v) is 10.3. The summed E-state index contributed by atoms with van der Waals surface area (Å²) >= 11 is 1.21. The smallest absolute Gasteiger partial charge is 0.339 e. The topological polar surface area (TPSA) is 88.0 Å². The Kier molecular flexibility index (Phi) is 6.14. The van der Waals surface area contributed by atoms with E-state index in [0.717, 1.165) is 11.3 Å². The number of nitrogens with zero attached hydrogens (tertiary/aromatic N) is 1. The molecular weight excluding hydrogens is 412 g/mol. The third-order valence-electron chi connectivity index (χ3n) is 4.41. The van der Waals surface area contributed by atoms with Crippen molar-refractivity contribution in [3.05, 3.63) is 100 Å². The molecule has 1 saturated heterocycles. The molecule has 0 saturated carbocycles. The molecule has 3 aromatic rings. The quantitative estimate of drug-likeness (QED) is 0.546. The molecule has 6 nitrogen and oxygen atoms in total. The highest BCUT2D eigenvalue weighted by Gasteiger charge is 2.24. The zero-order chi connectivity index (χ0) is 21.6. The van der Waals surface area contributed by atoms with E-state index in [2.05, 4.69) is 10.3 Å². The summed E-state index contributed by atoms with van der Waals surface area (Å²) < 4.78 is 5.71. The third kappa shape index (κ3) is 5.21. The highest BCUT2D eigenvalue weighted by Crippen LogP contribution is 2.29. The van der Waals surface area contributed by atoms with Gasteiger partial charge in [-0.05, 0) is 53.2 Å². The minimum atomic E-state index is -1.10. The maximum absolute atomic E-state index is 12.3. The molecule has 7 heteroatoms. The van der Waals surface area contributed by atoms with Crippen LogP contribution in [-0.4, -0.2) is 22.2 Å². The van der Waals surface area contributed by atoms with Crippen LogP contribution in [0.25, 0.3) is 6.08 Å². The van der Waals surface area contributed by atoms with Crippen molar-refractivity contribution < 1.29 is 19.4 Å². The van der Waals surface area contributed by atoms with Crippen LogP contribution >= 0.6 is 11.8 Å². The van der Waals surface area contributed by atoms with Crippen LogP contribution in [0.1, 0.15) is 21.5 Å². The fraction of sp³-hybridized carbons (Fsp3) is 0.0417. The number of hydrogen-bond donors (Lipinski definition) is 2. The number of amidine groups is 1. The van der Waals surface area contributed by atoms with E-state index < -0.39 is 5.97 Å². The van der Waals surface area contributed by atoms with Gasteiger partial charge in [-0.1, -0.05) is 54.6 Å². The Morgan fingerprint density at radius 2 is 1.74 bits per heavy atom. The number of rotatable bonds is 6. The molecular formula is C24H18N2O4S. The van der Waals surface area contributed by atoms with E-state index in [1.54, 1.807) is 18.2 Å². The van der Waals surface area contributed by atoms with Gasteiger partial charge in [0.25, 0.3) is 5.91 Å². The van der Waals surface area contributed by atoms with Crippen LogP contribution < -0.4 is 10.1 Å². The van der Waals surface area contributed by atoms with Crippen LogP contribution in [0.15, 0.2) is 88.8 Å². The van der Waals surface area contributed by atoms with Crippen molar-refractivity contribution in [1.82, 2.24) is 5.32 Å². The number of carboxylic acid groups (broad SMARTS) is 1. The fourth-order valence-electron chi connectivity index (χ4n) is 2.92. The predicted octanol–water partition coefficient (Wildman–Crippen LogP) is 4.86. The molecule has 0 aromatic heterocycles. The van der Waals surface area contributed by atoms with Crippen molar-refractivity contribution in [2.75, 3.05) is 0 Å².